The number of fused-ring (bicyclic) bond motifs is 1. The van der Waals surface area contributed by atoms with Gasteiger partial charge >= 0.3 is 0 Å². The van der Waals surface area contributed by atoms with Gasteiger partial charge in [-0.15, -0.1) is 23.1 Å². The first-order valence-electron chi connectivity index (χ1n) is 9.22. The van der Waals surface area contributed by atoms with E-state index in [1.54, 1.807) is 41.8 Å². The third-order valence-electron chi connectivity index (χ3n) is 4.15. The van der Waals surface area contributed by atoms with Crippen molar-refractivity contribution in [2.75, 3.05) is 5.75 Å². The molecule has 8 heteroatoms. The smallest absolute Gasteiger partial charge is 0.230 e. The summed E-state index contributed by atoms with van der Waals surface area (Å²) in [5, 5.41) is 3.81. The molecule has 1 amide bonds. The Hall–Kier alpha value is -2.97. The predicted molar refractivity (Wildman–Crippen MR) is 118 cm³/mol. The Labute approximate surface area is 181 Å². The molecule has 0 atom stereocenters. The minimum Gasteiger partial charge on any atom is -0.453 e. The van der Waals surface area contributed by atoms with Gasteiger partial charge in [0.25, 0.3) is 0 Å². The molecule has 0 saturated carbocycles. The zero-order valence-electron chi connectivity index (χ0n) is 15.9. The molecule has 2 aromatic heterocycles. The first-order chi connectivity index (χ1) is 14.7. The highest BCUT2D eigenvalue weighted by Gasteiger charge is 2.09. The van der Waals surface area contributed by atoms with Gasteiger partial charge in [0.15, 0.2) is 11.6 Å². The van der Waals surface area contributed by atoms with Crippen molar-refractivity contribution in [3.05, 3.63) is 83.4 Å². The van der Waals surface area contributed by atoms with E-state index in [1.165, 1.54) is 24.0 Å². The number of hydrogen-bond donors (Lipinski definition) is 1. The summed E-state index contributed by atoms with van der Waals surface area (Å²) in [5.41, 5.74) is 1.65. The van der Waals surface area contributed by atoms with E-state index in [1.807, 2.05) is 24.3 Å². The van der Waals surface area contributed by atoms with Gasteiger partial charge in [0.2, 0.25) is 5.91 Å². The maximum atomic E-state index is 14.3. The number of amides is 1. The number of carbonyl (C=O) groups excluding carboxylic acids is 1. The number of thioether (sulfide) groups is 1. The second-order valence-electron chi connectivity index (χ2n) is 6.40. The molecule has 0 spiro atoms. The third kappa shape index (κ3) is 5.34. The third-order valence-corrected chi connectivity index (χ3v) is 6.31. The first kappa shape index (κ1) is 20.3. The fraction of sp³-hybridized carbons (Fsp3) is 0.136. The lowest BCUT2D eigenvalue weighted by atomic mass is 10.2. The van der Waals surface area contributed by atoms with E-state index in [4.69, 9.17) is 4.74 Å². The summed E-state index contributed by atoms with van der Waals surface area (Å²) in [5.74, 6) is 0.989. The van der Waals surface area contributed by atoms with Gasteiger partial charge < -0.3 is 10.1 Å². The Balaban J connectivity index is 1.23. The van der Waals surface area contributed by atoms with E-state index in [0.717, 1.165) is 15.2 Å². The largest absolute Gasteiger partial charge is 0.453 e. The lowest BCUT2D eigenvalue weighted by Crippen LogP contribution is -2.24. The molecule has 4 rings (SSSR count). The van der Waals surface area contributed by atoms with Crippen LogP contribution in [-0.2, 0) is 17.1 Å². The van der Waals surface area contributed by atoms with Crippen molar-refractivity contribution in [3.63, 3.8) is 0 Å². The molecule has 4 aromatic rings. The number of rotatable bonds is 8. The molecule has 0 saturated heterocycles. The number of ether oxygens (including phenoxy) is 1. The normalized spacial score (nSPS) is 10.8. The molecule has 0 bridgehead atoms. The number of nitrogens with one attached hydrogen (secondary N) is 1. The van der Waals surface area contributed by atoms with Crippen molar-refractivity contribution in [3.8, 4) is 11.5 Å². The van der Waals surface area contributed by atoms with E-state index in [0.29, 0.717) is 22.8 Å². The Morgan fingerprint density at radius 2 is 2.07 bits per heavy atom. The lowest BCUT2D eigenvalue weighted by molar-refractivity contribution is -0.118. The van der Waals surface area contributed by atoms with Gasteiger partial charge in [0.05, 0.1) is 22.2 Å². The number of nitrogens with zero attached hydrogens (tertiary/aromatic N) is 2. The number of halogens is 1. The van der Waals surface area contributed by atoms with Crippen LogP contribution in [0.5, 0.6) is 11.5 Å². The number of thiazole rings is 1. The minimum absolute atomic E-state index is 0.0998. The Morgan fingerprint density at radius 3 is 2.87 bits per heavy atom. The van der Waals surface area contributed by atoms with E-state index < -0.39 is 5.82 Å². The standard InChI is InChI=1S/C22H18FN3O2S2/c23-17-10-15(7-8-19(17)28-16-4-3-9-24-12-16)11-25-21(27)13-29-14-22-26-18-5-1-2-6-20(18)30-22/h1-10,12H,11,13-14H2,(H,25,27). The molecule has 2 heterocycles. The van der Waals surface area contributed by atoms with Crippen LogP contribution in [0.2, 0.25) is 0 Å². The molecular formula is C22H18FN3O2S2. The molecule has 0 unspecified atom stereocenters. The van der Waals surface area contributed by atoms with Gasteiger partial charge in [0.1, 0.15) is 10.8 Å². The fourth-order valence-electron chi connectivity index (χ4n) is 2.74. The molecule has 0 aliphatic rings. The zero-order chi connectivity index (χ0) is 20.8. The molecule has 5 nitrogen and oxygen atoms in total. The van der Waals surface area contributed by atoms with Crippen molar-refractivity contribution in [1.82, 2.24) is 15.3 Å². The molecule has 0 aliphatic heterocycles. The van der Waals surface area contributed by atoms with Gasteiger partial charge in [-0.2, -0.15) is 0 Å². The first-order valence-corrected chi connectivity index (χ1v) is 11.2. The van der Waals surface area contributed by atoms with E-state index >= 15 is 0 Å². The van der Waals surface area contributed by atoms with Crippen LogP contribution in [0.3, 0.4) is 0 Å². The van der Waals surface area contributed by atoms with E-state index in [2.05, 4.69) is 15.3 Å². The minimum atomic E-state index is -0.490. The van der Waals surface area contributed by atoms with Crippen LogP contribution in [-0.4, -0.2) is 21.6 Å². The van der Waals surface area contributed by atoms with E-state index in [9.17, 15) is 9.18 Å². The van der Waals surface area contributed by atoms with Crippen LogP contribution in [0, 0.1) is 5.82 Å². The second-order valence-corrected chi connectivity index (χ2v) is 8.50. The zero-order valence-corrected chi connectivity index (χ0v) is 17.5. The number of carbonyl (C=O) groups is 1. The Bertz CT molecular complexity index is 1120. The summed E-state index contributed by atoms with van der Waals surface area (Å²) in [6.07, 6.45) is 3.13. The van der Waals surface area contributed by atoms with Gasteiger partial charge in [-0.1, -0.05) is 18.2 Å². The van der Waals surface area contributed by atoms with E-state index in [-0.39, 0.29) is 18.2 Å². The van der Waals surface area contributed by atoms with Crippen LogP contribution in [0.4, 0.5) is 4.39 Å². The summed E-state index contributed by atoms with van der Waals surface area (Å²) in [6, 6.07) is 16.0. The maximum absolute atomic E-state index is 14.3. The average Bonchev–Trinajstić information content (AvgIpc) is 3.17. The predicted octanol–water partition coefficient (Wildman–Crippen LogP) is 5.17. The number of pyridine rings is 1. The molecule has 0 radical (unpaired) electrons. The molecule has 0 aliphatic carbocycles. The monoisotopic (exact) mass is 439 g/mol. The van der Waals surface area contributed by atoms with Gasteiger partial charge in [0, 0.05) is 18.5 Å². The molecular weight excluding hydrogens is 421 g/mol. The molecule has 1 N–H and O–H groups in total. The summed E-state index contributed by atoms with van der Waals surface area (Å²) in [6.45, 7) is 0.255. The highest BCUT2D eigenvalue weighted by Crippen LogP contribution is 2.25. The highest BCUT2D eigenvalue weighted by molar-refractivity contribution is 7.99. The quantitative estimate of drug-likeness (QED) is 0.410. The molecule has 30 heavy (non-hydrogen) atoms. The van der Waals surface area contributed by atoms with Crippen LogP contribution in [0.15, 0.2) is 67.0 Å². The van der Waals surface area contributed by atoms with Crippen molar-refractivity contribution < 1.29 is 13.9 Å². The SMILES string of the molecule is O=C(CSCc1nc2ccccc2s1)NCc1ccc(Oc2cccnc2)c(F)c1. The Morgan fingerprint density at radius 1 is 1.17 bits per heavy atom. The summed E-state index contributed by atoms with van der Waals surface area (Å²) in [7, 11) is 0. The van der Waals surface area contributed by atoms with Crippen LogP contribution in [0.25, 0.3) is 10.2 Å². The fourth-order valence-corrected chi connectivity index (χ4v) is 4.61. The molecule has 152 valence electrons. The number of benzene rings is 2. The molecule has 0 fully saturated rings. The van der Waals surface area contributed by atoms with Gasteiger partial charge in [-0.25, -0.2) is 9.37 Å². The lowest BCUT2D eigenvalue weighted by Gasteiger charge is -2.09. The highest BCUT2D eigenvalue weighted by atomic mass is 32.2. The van der Waals surface area contributed by atoms with Gasteiger partial charge in [-0.05, 0) is 42.0 Å². The van der Waals surface area contributed by atoms with Crippen molar-refractivity contribution in [2.24, 2.45) is 0 Å². The number of aromatic nitrogens is 2. The number of hydrogen-bond acceptors (Lipinski definition) is 6. The topological polar surface area (TPSA) is 64.1 Å². The van der Waals surface area contributed by atoms with Crippen LogP contribution < -0.4 is 10.1 Å². The number of para-hydroxylation sites is 1. The Kier molecular flexibility index (Phi) is 6.56. The van der Waals surface area contributed by atoms with Gasteiger partial charge in [-0.3, -0.25) is 9.78 Å². The van der Waals surface area contributed by atoms with Crippen molar-refractivity contribution in [1.29, 1.82) is 0 Å². The summed E-state index contributed by atoms with van der Waals surface area (Å²) in [4.78, 5) is 20.6. The summed E-state index contributed by atoms with van der Waals surface area (Å²) < 4.78 is 20.9. The van der Waals surface area contributed by atoms with Crippen LogP contribution >= 0.6 is 23.1 Å². The average molecular weight is 440 g/mol. The summed E-state index contributed by atoms with van der Waals surface area (Å²) >= 11 is 3.15. The second kappa shape index (κ2) is 9.69. The van der Waals surface area contributed by atoms with Crippen LogP contribution in [0.1, 0.15) is 10.6 Å². The van der Waals surface area contributed by atoms with Crippen molar-refractivity contribution in [2.45, 2.75) is 12.3 Å². The maximum Gasteiger partial charge on any atom is 0.230 e. The molecule has 2 aromatic carbocycles. The van der Waals surface area contributed by atoms with Crippen molar-refractivity contribution >= 4 is 39.2 Å².